The quantitative estimate of drug-likeness (QED) is 0.388. The Bertz CT molecular complexity index is 1190. The minimum atomic E-state index is -4.41. The first-order valence-electron chi connectivity index (χ1n) is 8.85. The van der Waals surface area contributed by atoms with E-state index in [1.54, 1.807) is 41.8 Å². The number of hydrogen-bond acceptors (Lipinski definition) is 7. The zero-order valence-electron chi connectivity index (χ0n) is 15.9. The summed E-state index contributed by atoms with van der Waals surface area (Å²) in [4.78, 5) is 22.6. The Balaban J connectivity index is 1.84. The molecule has 0 amide bonds. The predicted octanol–water partition coefficient (Wildman–Crippen LogP) is 5.21. The highest BCUT2D eigenvalue weighted by Crippen LogP contribution is 2.37. The number of alkyl halides is 3. The monoisotopic (exact) mass is 448 g/mol. The molecule has 6 nitrogen and oxygen atoms in total. The molecule has 0 spiro atoms. The van der Waals surface area contributed by atoms with Gasteiger partial charge in [0.2, 0.25) is 0 Å². The zero-order valence-corrected chi connectivity index (χ0v) is 17.5. The van der Waals surface area contributed by atoms with Gasteiger partial charge in [-0.1, -0.05) is 6.92 Å². The van der Waals surface area contributed by atoms with Crippen LogP contribution in [0.2, 0.25) is 0 Å². The Morgan fingerprint density at radius 2 is 1.83 bits per heavy atom. The van der Waals surface area contributed by atoms with Crippen LogP contribution in [0.25, 0.3) is 34.1 Å². The number of imidazole rings is 1. The van der Waals surface area contributed by atoms with Gasteiger partial charge < -0.3 is 4.57 Å². The molecule has 154 valence electrons. The molecule has 0 aliphatic rings. The van der Waals surface area contributed by atoms with E-state index < -0.39 is 5.51 Å². The van der Waals surface area contributed by atoms with Crippen LogP contribution >= 0.6 is 23.5 Å². The molecule has 0 N–H and O–H groups in total. The van der Waals surface area contributed by atoms with E-state index >= 15 is 0 Å². The van der Waals surface area contributed by atoms with Crippen molar-refractivity contribution in [1.82, 2.24) is 29.5 Å². The molecule has 0 saturated heterocycles. The molecule has 0 unspecified atom stereocenters. The van der Waals surface area contributed by atoms with Crippen LogP contribution < -0.4 is 0 Å². The lowest BCUT2D eigenvalue weighted by Gasteiger charge is -2.09. The van der Waals surface area contributed by atoms with Crippen molar-refractivity contribution >= 4 is 34.6 Å². The number of halogens is 3. The van der Waals surface area contributed by atoms with Gasteiger partial charge in [-0.2, -0.15) is 13.2 Å². The third-order valence-corrected chi connectivity index (χ3v) is 5.72. The summed E-state index contributed by atoms with van der Waals surface area (Å²) in [5, 5.41) is -0.151. The molecule has 0 aliphatic carbocycles. The summed E-state index contributed by atoms with van der Waals surface area (Å²) in [7, 11) is 1.79. The molecule has 0 aromatic carbocycles. The van der Waals surface area contributed by atoms with E-state index in [0.717, 1.165) is 10.6 Å². The van der Waals surface area contributed by atoms with Crippen LogP contribution in [0.15, 0.2) is 52.8 Å². The van der Waals surface area contributed by atoms with E-state index in [1.807, 2.05) is 19.1 Å². The fraction of sp³-hybridized carbons (Fsp3) is 0.211. The highest BCUT2D eigenvalue weighted by Gasteiger charge is 2.30. The van der Waals surface area contributed by atoms with Crippen molar-refractivity contribution in [2.75, 3.05) is 5.75 Å². The molecule has 0 saturated carbocycles. The van der Waals surface area contributed by atoms with Gasteiger partial charge in [-0.25, -0.2) is 24.9 Å². The van der Waals surface area contributed by atoms with Gasteiger partial charge in [0.1, 0.15) is 16.4 Å². The predicted molar refractivity (Wildman–Crippen MR) is 111 cm³/mol. The van der Waals surface area contributed by atoms with E-state index in [9.17, 15) is 13.2 Å². The number of thioether (sulfide) groups is 2. The van der Waals surface area contributed by atoms with Crippen LogP contribution in [0.4, 0.5) is 13.2 Å². The number of fused-ring (bicyclic) bond motifs is 1. The van der Waals surface area contributed by atoms with Gasteiger partial charge in [-0.3, -0.25) is 0 Å². The summed E-state index contributed by atoms with van der Waals surface area (Å²) in [6, 6.07) is 6.85. The Hall–Kier alpha value is -2.66. The molecule has 0 fully saturated rings. The van der Waals surface area contributed by atoms with Crippen molar-refractivity contribution in [3.63, 3.8) is 0 Å². The molecule has 4 rings (SSSR count). The van der Waals surface area contributed by atoms with Crippen LogP contribution in [0.1, 0.15) is 6.92 Å². The van der Waals surface area contributed by atoms with Gasteiger partial charge in [-0.15, -0.1) is 11.8 Å². The van der Waals surface area contributed by atoms with Gasteiger partial charge in [0, 0.05) is 36.1 Å². The summed E-state index contributed by atoms with van der Waals surface area (Å²) >= 11 is 1.35. The average Bonchev–Trinajstić information content (AvgIpc) is 3.04. The van der Waals surface area contributed by atoms with Crippen molar-refractivity contribution in [2.24, 2.45) is 7.05 Å². The smallest absolute Gasteiger partial charge is 0.325 e. The topological polar surface area (TPSA) is 69.4 Å². The first-order chi connectivity index (χ1) is 14.4. The molecular weight excluding hydrogens is 433 g/mol. The molecule has 4 heterocycles. The van der Waals surface area contributed by atoms with Crippen molar-refractivity contribution < 1.29 is 13.2 Å². The summed E-state index contributed by atoms with van der Waals surface area (Å²) in [5.41, 5.74) is -2.16. The molecular formula is C19H15F3N6S2. The molecule has 11 heteroatoms. The van der Waals surface area contributed by atoms with Crippen LogP contribution in [0.3, 0.4) is 0 Å². The number of nitrogens with zero attached hydrogens (tertiary/aromatic N) is 6. The van der Waals surface area contributed by atoms with Gasteiger partial charge in [0.05, 0.1) is 17.2 Å². The molecule has 0 radical (unpaired) electrons. The molecule has 0 atom stereocenters. The fourth-order valence-electron chi connectivity index (χ4n) is 2.89. The maximum absolute atomic E-state index is 12.7. The number of pyridine rings is 2. The Labute approximate surface area is 178 Å². The average molecular weight is 448 g/mol. The van der Waals surface area contributed by atoms with E-state index in [-0.39, 0.29) is 16.8 Å². The maximum Gasteiger partial charge on any atom is 0.447 e. The van der Waals surface area contributed by atoms with Crippen molar-refractivity contribution in [3.05, 3.63) is 42.9 Å². The minimum Gasteiger partial charge on any atom is -0.325 e. The van der Waals surface area contributed by atoms with Gasteiger partial charge in [-0.05, 0) is 30.0 Å². The number of hydrogen-bond donors (Lipinski definition) is 0. The molecule has 0 aliphatic heterocycles. The number of aryl methyl sites for hydroxylation is 1. The maximum atomic E-state index is 12.7. The second-order valence-electron chi connectivity index (χ2n) is 6.10. The lowest BCUT2D eigenvalue weighted by Crippen LogP contribution is -2.00. The zero-order chi connectivity index (χ0) is 21.3. The second-order valence-corrected chi connectivity index (χ2v) is 8.49. The van der Waals surface area contributed by atoms with Gasteiger partial charge in [0.25, 0.3) is 0 Å². The van der Waals surface area contributed by atoms with Gasteiger partial charge >= 0.3 is 5.51 Å². The van der Waals surface area contributed by atoms with Crippen molar-refractivity contribution in [2.45, 2.75) is 22.4 Å². The molecule has 30 heavy (non-hydrogen) atoms. The Kier molecular flexibility index (Phi) is 5.65. The van der Waals surface area contributed by atoms with Crippen molar-refractivity contribution in [1.29, 1.82) is 0 Å². The molecule has 4 aromatic rings. The van der Waals surface area contributed by atoms with E-state index in [0.29, 0.717) is 34.1 Å². The number of aromatic nitrogens is 6. The Morgan fingerprint density at radius 3 is 2.53 bits per heavy atom. The van der Waals surface area contributed by atoms with Crippen molar-refractivity contribution in [3.8, 4) is 23.0 Å². The summed E-state index contributed by atoms with van der Waals surface area (Å²) < 4.78 is 39.9. The first-order valence-corrected chi connectivity index (χ1v) is 10.7. The summed E-state index contributed by atoms with van der Waals surface area (Å²) in [6.45, 7) is 2.03. The standard InChI is InChI=1S/C19H15F3N6S2/c1-3-29-14-6-5-11(17-23-7-4-8-24-17)26-16(14)18-27-12-9-15(30-19(20,21)22)25-10-13(12)28(18)2/h4-10H,3H2,1-2H3. The normalized spacial score (nSPS) is 11.9. The van der Waals surface area contributed by atoms with E-state index in [2.05, 4.69) is 19.9 Å². The second kappa shape index (κ2) is 8.23. The number of rotatable bonds is 5. The lowest BCUT2D eigenvalue weighted by molar-refractivity contribution is -0.0329. The summed E-state index contributed by atoms with van der Waals surface area (Å²) in [6.07, 6.45) is 4.68. The largest absolute Gasteiger partial charge is 0.447 e. The summed E-state index contributed by atoms with van der Waals surface area (Å²) in [5.74, 6) is 1.85. The van der Waals surface area contributed by atoms with E-state index in [1.165, 1.54) is 12.3 Å². The van der Waals surface area contributed by atoms with Crippen LogP contribution in [0.5, 0.6) is 0 Å². The van der Waals surface area contributed by atoms with E-state index in [4.69, 9.17) is 4.98 Å². The SMILES string of the molecule is CCSc1ccc(-c2ncccn2)nc1-c1nc2cc(SC(F)(F)F)ncc2n1C. The Morgan fingerprint density at radius 1 is 1.07 bits per heavy atom. The van der Waals surface area contributed by atoms with Crippen LogP contribution in [-0.4, -0.2) is 40.7 Å². The lowest BCUT2D eigenvalue weighted by atomic mass is 10.2. The molecule has 0 bridgehead atoms. The first kappa shape index (κ1) is 20.6. The van der Waals surface area contributed by atoms with Crippen LogP contribution in [0, 0.1) is 0 Å². The third-order valence-electron chi connectivity index (χ3n) is 4.13. The highest BCUT2D eigenvalue weighted by atomic mass is 32.2. The van der Waals surface area contributed by atoms with Gasteiger partial charge in [0.15, 0.2) is 11.6 Å². The third kappa shape index (κ3) is 4.26. The molecule has 4 aromatic heterocycles. The van der Waals surface area contributed by atoms with Crippen LogP contribution in [-0.2, 0) is 7.05 Å². The fourth-order valence-corrected chi connectivity index (χ4v) is 4.15. The minimum absolute atomic E-state index is 0.151. The highest BCUT2D eigenvalue weighted by molar-refractivity contribution is 8.00.